The molecule has 0 unspecified atom stereocenters. The summed E-state index contributed by atoms with van der Waals surface area (Å²) < 4.78 is 22.4. The fourth-order valence-electron chi connectivity index (χ4n) is 5.37. The highest BCUT2D eigenvalue weighted by atomic mass is 16.7. The predicted octanol–water partition coefficient (Wildman–Crippen LogP) is 2.79. The van der Waals surface area contributed by atoms with Crippen LogP contribution in [0.25, 0.3) is 0 Å². The summed E-state index contributed by atoms with van der Waals surface area (Å²) in [6.07, 6.45) is 0.0330. The average molecular weight is 383 g/mol. The molecule has 2 heterocycles. The molecule has 0 saturated carbocycles. The second-order valence-electron chi connectivity index (χ2n) is 8.05. The van der Waals surface area contributed by atoms with Crippen molar-refractivity contribution < 1.29 is 24.1 Å². The minimum Gasteiger partial charge on any atom is -0.493 e. The molecular formula is C22H25NO5. The van der Waals surface area contributed by atoms with Crippen LogP contribution in [0.5, 0.6) is 23.0 Å². The summed E-state index contributed by atoms with van der Waals surface area (Å²) in [5, 5.41) is 11.3. The van der Waals surface area contributed by atoms with Crippen LogP contribution in [0.2, 0.25) is 0 Å². The number of hydrogen-bond donors (Lipinski definition) is 1. The first-order valence-corrected chi connectivity index (χ1v) is 9.54. The number of ether oxygens (including phenoxy) is 4. The number of hydrogen-bond acceptors (Lipinski definition) is 6. The third-order valence-corrected chi connectivity index (χ3v) is 6.68. The van der Waals surface area contributed by atoms with E-state index in [1.165, 1.54) is 5.56 Å². The molecule has 0 amide bonds. The second kappa shape index (κ2) is 6.03. The van der Waals surface area contributed by atoms with Crippen LogP contribution in [0.15, 0.2) is 24.3 Å². The van der Waals surface area contributed by atoms with Gasteiger partial charge in [0.1, 0.15) is 0 Å². The maximum Gasteiger partial charge on any atom is 0.231 e. The number of likely N-dealkylation sites (N-methyl/N-ethyl adjacent to an activating group) is 1. The first-order chi connectivity index (χ1) is 13.5. The zero-order chi connectivity index (χ0) is 19.6. The summed E-state index contributed by atoms with van der Waals surface area (Å²) in [6.45, 7) is 3.10. The molecule has 6 heteroatoms. The monoisotopic (exact) mass is 383 g/mol. The first-order valence-electron chi connectivity index (χ1n) is 9.54. The van der Waals surface area contributed by atoms with E-state index in [2.05, 4.69) is 31.0 Å². The van der Waals surface area contributed by atoms with Crippen molar-refractivity contribution in [3.05, 3.63) is 46.5 Å². The van der Waals surface area contributed by atoms with E-state index >= 15 is 0 Å². The molecule has 0 fully saturated rings. The van der Waals surface area contributed by atoms with Crippen LogP contribution in [0.3, 0.4) is 0 Å². The van der Waals surface area contributed by atoms with Gasteiger partial charge in [0.25, 0.3) is 0 Å². The average Bonchev–Trinajstić information content (AvgIpc) is 3.13. The van der Waals surface area contributed by atoms with Gasteiger partial charge in [-0.3, -0.25) is 4.90 Å². The van der Waals surface area contributed by atoms with Crippen molar-refractivity contribution in [3.8, 4) is 23.0 Å². The van der Waals surface area contributed by atoms with Crippen LogP contribution in [0.4, 0.5) is 0 Å². The largest absolute Gasteiger partial charge is 0.493 e. The fourth-order valence-corrected chi connectivity index (χ4v) is 5.37. The van der Waals surface area contributed by atoms with E-state index in [0.29, 0.717) is 18.7 Å². The molecule has 0 radical (unpaired) electrons. The normalized spacial score (nSPS) is 27.6. The zero-order valence-electron chi connectivity index (χ0n) is 16.6. The molecular weight excluding hydrogens is 358 g/mol. The van der Waals surface area contributed by atoms with Gasteiger partial charge in [0.2, 0.25) is 6.79 Å². The maximum atomic E-state index is 11.3. The van der Waals surface area contributed by atoms with E-state index in [-0.39, 0.29) is 12.8 Å². The number of rotatable bonds is 2. The van der Waals surface area contributed by atoms with Crippen molar-refractivity contribution in [1.29, 1.82) is 0 Å². The molecule has 1 N–H and O–H groups in total. The fraction of sp³-hybridized carbons (Fsp3) is 0.455. The van der Waals surface area contributed by atoms with Crippen LogP contribution in [-0.4, -0.2) is 44.2 Å². The molecule has 2 aromatic rings. The highest BCUT2D eigenvalue weighted by molar-refractivity contribution is 5.59. The lowest BCUT2D eigenvalue weighted by molar-refractivity contribution is -0.000420. The Morgan fingerprint density at radius 3 is 2.61 bits per heavy atom. The van der Waals surface area contributed by atoms with Crippen LogP contribution in [0, 0.1) is 0 Å². The number of aliphatic hydroxyl groups excluding tert-OH is 1. The summed E-state index contributed by atoms with van der Waals surface area (Å²) in [4.78, 5) is 2.29. The molecule has 0 bridgehead atoms. The third kappa shape index (κ3) is 2.16. The van der Waals surface area contributed by atoms with E-state index in [1.807, 2.05) is 12.1 Å². The molecule has 2 aromatic carbocycles. The Bertz CT molecular complexity index is 958. The van der Waals surface area contributed by atoms with Gasteiger partial charge in [0.05, 0.1) is 20.3 Å². The van der Waals surface area contributed by atoms with Gasteiger partial charge in [-0.2, -0.15) is 0 Å². The highest BCUT2D eigenvalue weighted by Crippen LogP contribution is 2.56. The number of benzene rings is 2. The Morgan fingerprint density at radius 1 is 1.14 bits per heavy atom. The maximum absolute atomic E-state index is 11.3. The molecule has 0 aromatic heterocycles. The standard InChI is InChI=1S/C22H25NO5/c1-22-15-5-6-16(25-3)20(26-4)14(15)10-23(2)21(22)13-9-18-17(27-11-28-18)7-12(13)8-19(22)24/h5-7,9,19,21,24H,8,10-11H2,1-4H3/t19-,21+,22-/m1/s1. The lowest BCUT2D eigenvalue weighted by Gasteiger charge is -2.54. The zero-order valence-corrected chi connectivity index (χ0v) is 16.6. The van der Waals surface area contributed by atoms with Crippen molar-refractivity contribution in [3.63, 3.8) is 0 Å². The summed E-state index contributed by atoms with van der Waals surface area (Å²) in [5.41, 5.74) is 4.02. The molecule has 5 rings (SSSR count). The Kier molecular flexibility index (Phi) is 3.80. The van der Waals surface area contributed by atoms with Gasteiger partial charge in [-0.05, 0) is 48.4 Å². The summed E-state index contributed by atoms with van der Waals surface area (Å²) in [6, 6.07) is 8.16. The molecule has 3 atom stereocenters. The third-order valence-electron chi connectivity index (χ3n) is 6.68. The number of fused-ring (bicyclic) bond motifs is 6. The Labute approximate surface area is 164 Å². The molecule has 3 aliphatic rings. The molecule has 0 saturated heterocycles. The second-order valence-corrected chi connectivity index (χ2v) is 8.05. The topological polar surface area (TPSA) is 60.4 Å². The van der Waals surface area contributed by atoms with Gasteiger partial charge in [-0.1, -0.05) is 13.0 Å². The molecule has 148 valence electrons. The van der Waals surface area contributed by atoms with E-state index in [4.69, 9.17) is 18.9 Å². The van der Waals surface area contributed by atoms with Gasteiger partial charge >= 0.3 is 0 Å². The minimum atomic E-state index is -0.537. The van der Waals surface area contributed by atoms with Crippen molar-refractivity contribution in [2.24, 2.45) is 0 Å². The lowest BCUT2D eigenvalue weighted by Crippen LogP contribution is -2.55. The first kappa shape index (κ1) is 17.6. The van der Waals surface area contributed by atoms with Gasteiger partial charge in [0, 0.05) is 23.6 Å². The molecule has 2 aliphatic heterocycles. The van der Waals surface area contributed by atoms with Crippen molar-refractivity contribution in [2.45, 2.75) is 37.5 Å². The van der Waals surface area contributed by atoms with E-state index in [9.17, 15) is 5.11 Å². The molecule has 0 spiro atoms. The quantitative estimate of drug-likeness (QED) is 0.861. The molecule has 28 heavy (non-hydrogen) atoms. The Morgan fingerprint density at radius 2 is 1.89 bits per heavy atom. The SMILES string of the molecule is COc1ccc2c(c1OC)CN(C)[C@H]1c3cc4c(cc3C[C@@H](O)[C@@]21C)OCO4. The predicted molar refractivity (Wildman–Crippen MR) is 103 cm³/mol. The van der Waals surface area contributed by atoms with Crippen LogP contribution < -0.4 is 18.9 Å². The summed E-state index contributed by atoms with van der Waals surface area (Å²) in [7, 11) is 5.41. The van der Waals surface area contributed by atoms with Crippen molar-refractivity contribution in [2.75, 3.05) is 28.1 Å². The number of aliphatic hydroxyl groups is 1. The van der Waals surface area contributed by atoms with Gasteiger partial charge in [0.15, 0.2) is 23.0 Å². The number of methoxy groups -OCH3 is 2. The van der Waals surface area contributed by atoms with Crippen molar-refractivity contribution in [1.82, 2.24) is 4.90 Å². The van der Waals surface area contributed by atoms with Crippen LogP contribution >= 0.6 is 0 Å². The molecule has 6 nitrogen and oxygen atoms in total. The van der Waals surface area contributed by atoms with Gasteiger partial charge in [-0.15, -0.1) is 0 Å². The van der Waals surface area contributed by atoms with E-state index < -0.39 is 11.5 Å². The van der Waals surface area contributed by atoms with E-state index in [0.717, 1.165) is 33.9 Å². The minimum absolute atomic E-state index is 0.0198. The van der Waals surface area contributed by atoms with Crippen LogP contribution in [0.1, 0.15) is 35.2 Å². The van der Waals surface area contributed by atoms with Crippen molar-refractivity contribution >= 4 is 0 Å². The molecule has 1 aliphatic carbocycles. The summed E-state index contributed by atoms with van der Waals surface area (Å²) >= 11 is 0. The highest BCUT2D eigenvalue weighted by Gasteiger charge is 2.53. The van der Waals surface area contributed by atoms with E-state index in [1.54, 1.807) is 14.2 Å². The Balaban J connectivity index is 1.73. The Hall–Kier alpha value is -2.44. The van der Waals surface area contributed by atoms with Crippen LogP contribution in [-0.2, 0) is 18.4 Å². The number of nitrogens with zero attached hydrogens (tertiary/aromatic N) is 1. The van der Waals surface area contributed by atoms with Gasteiger partial charge in [-0.25, -0.2) is 0 Å². The van der Waals surface area contributed by atoms with Gasteiger partial charge < -0.3 is 24.1 Å². The smallest absolute Gasteiger partial charge is 0.231 e. The summed E-state index contributed by atoms with van der Waals surface area (Å²) in [5.74, 6) is 3.00. The lowest BCUT2D eigenvalue weighted by atomic mass is 9.60.